The molecule has 0 saturated heterocycles. The van der Waals surface area contributed by atoms with Gasteiger partial charge in [-0.3, -0.25) is 4.79 Å². The van der Waals surface area contributed by atoms with E-state index in [0.29, 0.717) is 13.0 Å². The van der Waals surface area contributed by atoms with Crippen LogP contribution in [0.25, 0.3) is 0 Å². The first-order valence-corrected chi connectivity index (χ1v) is 4.86. The molecule has 84 valence electrons. The SMILES string of the molecule is NC(=O)c1nc2c(cc1C(=O)O)CNCC2. The van der Waals surface area contributed by atoms with Gasteiger partial charge in [0.15, 0.2) is 0 Å². The molecule has 4 N–H and O–H groups in total. The van der Waals surface area contributed by atoms with Crippen LogP contribution in [0.1, 0.15) is 32.1 Å². The Hall–Kier alpha value is -1.95. The lowest BCUT2D eigenvalue weighted by atomic mass is 10.0. The number of aromatic carboxylic acids is 1. The maximum atomic E-state index is 11.1. The summed E-state index contributed by atoms with van der Waals surface area (Å²) in [7, 11) is 0. The van der Waals surface area contributed by atoms with Gasteiger partial charge in [0.05, 0.1) is 5.56 Å². The molecule has 1 aliphatic heterocycles. The maximum absolute atomic E-state index is 11.1. The standard InChI is InChI=1S/C10H11N3O3/c11-9(14)8-6(10(15)16)3-5-4-12-2-1-7(5)13-8/h3,12H,1-2,4H2,(H2,11,14)(H,15,16). The molecular weight excluding hydrogens is 210 g/mol. The van der Waals surface area contributed by atoms with Crippen molar-refractivity contribution >= 4 is 11.9 Å². The van der Waals surface area contributed by atoms with Crippen molar-refractivity contribution < 1.29 is 14.7 Å². The van der Waals surface area contributed by atoms with Crippen molar-refractivity contribution in [3.63, 3.8) is 0 Å². The number of primary amides is 1. The number of aromatic nitrogens is 1. The number of pyridine rings is 1. The van der Waals surface area contributed by atoms with Gasteiger partial charge in [0, 0.05) is 25.2 Å². The molecule has 0 aliphatic carbocycles. The zero-order chi connectivity index (χ0) is 11.7. The number of rotatable bonds is 2. The third-order valence-corrected chi connectivity index (χ3v) is 2.51. The molecule has 0 atom stereocenters. The number of fused-ring (bicyclic) bond motifs is 1. The molecule has 0 spiro atoms. The molecule has 0 bridgehead atoms. The summed E-state index contributed by atoms with van der Waals surface area (Å²) in [6, 6.07) is 1.47. The molecule has 0 aromatic carbocycles. The Kier molecular flexibility index (Phi) is 2.57. The summed E-state index contributed by atoms with van der Waals surface area (Å²) >= 11 is 0. The van der Waals surface area contributed by atoms with E-state index in [4.69, 9.17) is 10.8 Å². The Morgan fingerprint density at radius 3 is 2.88 bits per heavy atom. The lowest BCUT2D eigenvalue weighted by Crippen LogP contribution is -2.28. The fourth-order valence-corrected chi connectivity index (χ4v) is 1.74. The number of carboxylic acids is 1. The Balaban J connectivity index is 2.59. The zero-order valence-corrected chi connectivity index (χ0v) is 8.49. The first-order chi connectivity index (χ1) is 7.59. The summed E-state index contributed by atoms with van der Waals surface area (Å²) in [5, 5.41) is 12.1. The smallest absolute Gasteiger partial charge is 0.338 e. The predicted molar refractivity (Wildman–Crippen MR) is 55.1 cm³/mol. The summed E-state index contributed by atoms with van der Waals surface area (Å²) < 4.78 is 0. The van der Waals surface area contributed by atoms with E-state index in [1.165, 1.54) is 6.07 Å². The zero-order valence-electron chi connectivity index (χ0n) is 8.49. The molecule has 2 rings (SSSR count). The average Bonchev–Trinajstić information content (AvgIpc) is 2.27. The van der Waals surface area contributed by atoms with Crippen molar-refractivity contribution in [3.05, 3.63) is 28.6 Å². The fourth-order valence-electron chi connectivity index (χ4n) is 1.74. The number of nitrogens with one attached hydrogen (secondary N) is 1. The summed E-state index contributed by atoms with van der Waals surface area (Å²) in [5.41, 5.74) is 6.38. The average molecular weight is 221 g/mol. The quantitative estimate of drug-likeness (QED) is 0.625. The second-order valence-electron chi connectivity index (χ2n) is 3.59. The van der Waals surface area contributed by atoms with Crippen molar-refractivity contribution in [2.75, 3.05) is 6.54 Å². The highest BCUT2D eigenvalue weighted by molar-refractivity contribution is 6.02. The van der Waals surface area contributed by atoms with E-state index in [1.54, 1.807) is 0 Å². The number of carbonyl (C=O) groups excluding carboxylic acids is 1. The molecular formula is C10H11N3O3. The number of carboxylic acid groups (broad SMARTS) is 1. The van der Waals surface area contributed by atoms with Crippen LogP contribution in [0.4, 0.5) is 0 Å². The molecule has 6 nitrogen and oxygen atoms in total. The highest BCUT2D eigenvalue weighted by Crippen LogP contribution is 2.16. The van der Waals surface area contributed by atoms with Crippen LogP contribution in [0, 0.1) is 0 Å². The van der Waals surface area contributed by atoms with Crippen LogP contribution in [-0.2, 0) is 13.0 Å². The van der Waals surface area contributed by atoms with Crippen molar-refractivity contribution in [2.24, 2.45) is 5.73 Å². The fraction of sp³-hybridized carbons (Fsp3) is 0.300. The van der Waals surface area contributed by atoms with Crippen LogP contribution in [-0.4, -0.2) is 28.5 Å². The highest BCUT2D eigenvalue weighted by Gasteiger charge is 2.21. The van der Waals surface area contributed by atoms with E-state index in [9.17, 15) is 9.59 Å². The lowest BCUT2D eigenvalue weighted by molar-refractivity contribution is 0.0691. The molecule has 0 unspecified atom stereocenters. The van der Waals surface area contributed by atoms with Gasteiger partial charge in [-0.25, -0.2) is 9.78 Å². The van der Waals surface area contributed by atoms with Crippen molar-refractivity contribution in [1.82, 2.24) is 10.3 Å². The van der Waals surface area contributed by atoms with Crippen LogP contribution in [0.15, 0.2) is 6.07 Å². The van der Waals surface area contributed by atoms with Crippen LogP contribution >= 0.6 is 0 Å². The second-order valence-corrected chi connectivity index (χ2v) is 3.59. The molecule has 6 heteroatoms. The number of amides is 1. The van der Waals surface area contributed by atoms with Gasteiger partial charge in [0.1, 0.15) is 5.69 Å². The Labute approximate surface area is 91.5 Å². The number of nitrogens with two attached hydrogens (primary N) is 1. The molecule has 1 aromatic rings. The van der Waals surface area contributed by atoms with E-state index in [0.717, 1.165) is 17.8 Å². The van der Waals surface area contributed by atoms with E-state index >= 15 is 0 Å². The number of nitrogens with zero attached hydrogens (tertiary/aromatic N) is 1. The van der Waals surface area contributed by atoms with Crippen LogP contribution in [0.2, 0.25) is 0 Å². The van der Waals surface area contributed by atoms with Crippen LogP contribution < -0.4 is 11.1 Å². The first kappa shape index (κ1) is 10.6. The monoisotopic (exact) mass is 221 g/mol. The van der Waals surface area contributed by atoms with Crippen LogP contribution in [0.5, 0.6) is 0 Å². The number of hydrogen-bond acceptors (Lipinski definition) is 4. The minimum atomic E-state index is -1.19. The third kappa shape index (κ3) is 1.74. The molecule has 0 saturated carbocycles. The molecule has 1 amide bonds. The van der Waals surface area contributed by atoms with Crippen molar-refractivity contribution in [3.8, 4) is 0 Å². The van der Waals surface area contributed by atoms with Gasteiger partial charge in [-0.05, 0) is 11.6 Å². The largest absolute Gasteiger partial charge is 0.478 e. The Morgan fingerprint density at radius 2 is 2.25 bits per heavy atom. The van der Waals surface area contributed by atoms with Gasteiger partial charge >= 0.3 is 5.97 Å². The summed E-state index contributed by atoms with van der Waals surface area (Å²) in [4.78, 5) is 26.1. The van der Waals surface area contributed by atoms with Gasteiger partial charge in [0.2, 0.25) is 0 Å². The molecule has 0 radical (unpaired) electrons. The van der Waals surface area contributed by atoms with Gasteiger partial charge in [-0.2, -0.15) is 0 Å². The highest BCUT2D eigenvalue weighted by atomic mass is 16.4. The second kappa shape index (κ2) is 3.90. The summed E-state index contributed by atoms with van der Waals surface area (Å²) in [5.74, 6) is -1.99. The Bertz CT molecular complexity index is 428. The normalized spacial score (nSPS) is 14.2. The number of hydrogen-bond donors (Lipinski definition) is 3. The molecule has 1 aromatic heterocycles. The molecule has 0 fully saturated rings. The summed E-state index contributed by atoms with van der Waals surface area (Å²) in [6.07, 6.45) is 0.676. The van der Waals surface area contributed by atoms with Crippen molar-refractivity contribution in [1.29, 1.82) is 0 Å². The topological polar surface area (TPSA) is 105 Å². The lowest BCUT2D eigenvalue weighted by Gasteiger charge is -2.17. The van der Waals surface area contributed by atoms with E-state index < -0.39 is 11.9 Å². The number of carbonyl (C=O) groups is 2. The van der Waals surface area contributed by atoms with Gasteiger partial charge in [-0.1, -0.05) is 0 Å². The molecule has 2 heterocycles. The minimum Gasteiger partial charge on any atom is -0.478 e. The minimum absolute atomic E-state index is 0.130. The first-order valence-electron chi connectivity index (χ1n) is 4.86. The molecule has 1 aliphatic rings. The van der Waals surface area contributed by atoms with Gasteiger partial charge in [-0.15, -0.1) is 0 Å². The van der Waals surface area contributed by atoms with E-state index in [2.05, 4.69) is 10.3 Å². The predicted octanol–water partition coefficient (Wildman–Crippen LogP) is -0.476. The van der Waals surface area contributed by atoms with E-state index in [-0.39, 0.29) is 11.3 Å². The third-order valence-electron chi connectivity index (χ3n) is 2.51. The van der Waals surface area contributed by atoms with E-state index in [1.807, 2.05) is 0 Å². The summed E-state index contributed by atoms with van der Waals surface area (Å²) in [6.45, 7) is 1.34. The molecule has 16 heavy (non-hydrogen) atoms. The maximum Gasteiger partial charge on any atom is 0.338 e. The van der Waals surface area contributed by atoms with Gasteiger partial charge < -0.3 is 16.2 Å². The van der Waals surface area contributed by atoms with Crippen molar-refractivity contribution in [2.45, 2.75) is 13.0 Å². The van der Waals surface area contributed by atoms with Gasteiger partial charge in [0.25, 0.3) is 5.91 Å². The Morgan fingerprint density at radius 1 is 1.50 bits per heavy atom. The van der Waals surface area contributed by atoms with Crippen LogP contribution in [0.3, 0.4) is 0 Å².